The quantitative estimate of drug-likeness (QED) is 0.790. The van der Waals surface area contributed by atoms with Crippen molar-refractivity contribution in [2.45, 2.75) is 37.8 Å². The molecule has 5 heteroatoms. The lowest BCUT2D eigenvalue weighted by atomic mass is 10.0. The van der Waals surface area contributed by atoms with Gasteiger partial charge in [-0.05, 0) is 49.2 Å². The van der Waals surface area contributed by atoms with Gasteiger partial charge in [0.05, 0.1) is 7.11 Å². The van der Waals surface area contributed by atoms with Crippen LogP contribution in [0.1, 0.15) is 37.3 Å². The summed E-state index contributed by atoms with van der Waals surface area (Å²) < 4.78 is 24.4. The van der Waals surface area contributed by atoms with Gasteiger partial charge in [-0.3, -0.25) is 4.90 Å². The van der Waals surface area contributed by atoms with Crippen molar-refractivity contribution in [1.29, 1.82) is 0 Å². The number of aliphatic hydroxyl groups is 1. The van der Waals surface area contributed by atoms with Crippen molar-refractivity contribution in [3.63, 3.8) is 0 Å². The maximum absolute atomic E-state index is 13.7. The first-order valence-electron chi connectivity index (χ1n) is 9.61. The van der Waals surface area contributed by atoms with Crippen molar-refractivity contribution in [2.24, 2.45) is 0 Å². The Balaban J connectivity index is 1.63. The second kappa shape index (κ2) is 9.72. The molecule has 2 atom stereocenters. The molecule has 2 unspecified atom stereocenters. The van der Waals surface area contributed by atoms with Crippen LogP contribution in [0.3, 0.4) is 0 Å². The zero-order chi connectivity index (χ0) is 19.1. The molecule has 0 spiro atoms. The fraction of sp³-hybridized carbons (Fsp3) is 0.455. The van der Waals surface area contributed by atoms with Crippen molar-refractivity contribution in [3.05, 3.63) is 59.9 Å². The second-order valence-corrected chi connectivity index (χ2v) is 7.03. The van der Waals surface area contributed by atoms with Gasteiger partial charge >= 0.3 is 0 Å². The van der Waals surface area contributed by atoms with Gasteiger partial charge in [0.1, 0.15) is 18.5 Å². The van der Waals surface area contributed by atoms with Crippen LogP contribution in [-0.2, 0) is 0 Å². The number of hydrogen-bond acceptors (Lipinski definition) is 4. The Labute approximate surface area is 160 Å². The van der Waals surface area contributed by atoms with E-state index in [1.54, 1.807) is 25.3 Å². The van der Waals surface area contributed by atoms with Crippen LogP contribution in [0.2, 0.25) is 0 Å². The van der Waals surface area contributed by atoms with Crippen LogP contribution in [0.15, 0.2) is 48.5 Å². The van der Waals surface area contributed by atoms with E-state index < -0.39 is 11.9 Å². The minimum Gasteiger partial charge on any atom is -0.497 e. The Bertz CT molecular complexity index is 707. The number of methoxy groups -OCH3 is 1. The van der Waals surface area contributed by atoms with Crippen LogP contribution in [-0.4, -0.2) is 42.9 Å². The van der Waals surface area contributed by atoms with Crippen molar-refractivity contribution < 1.29 is 19.0 Å². The number of aliphatic hydroxyl groups excluding tert-OH is 1. The fourth-order valence-corrected chi connectivity index (χ4v) is 3.66. The van der Waals surface area contributed by atoms with Gasteiger partial charge < -0.3 is 14.6 Å². The molecular formula is C22H28FNO3. The molecule has 1 saturated heterocycles. The van der Waals surface area contributed by atoms with Crippen LogP contribution < -0.4 is 9.47 Å². The number of likely N-dealkylation sites (tertiary alicyclic amines) is 1. The van der Waals surface area contributed by atoms with Gasteiger partial charge in [-0.2, -0.15) is 0 Å². The number of β-amino-alcohol motifs (C(OH)–C–C–N with tert-alkyl or cyclic N) is 1. The van der Waals surface area contributed by atoms with E-state index in [-0.39, 0.29) is 18.4 Å². The van der Waals surface area contributed by atoms with Gasteiger partial charge in [0.15, 0.2) is 11.6 Å². The summed E-state index contributed by atoms with van der Waals surface area (Å²) in [6.45, 7) is 1.52. The maximum atomic E-state index is 13.7. The molecule has 1 fully saturated rings. The molecule has 0 saturated carbocycles. The van der Waals surface area contributed by atoms with E-state index >= 15 is 0 Å². The summed E-state index contributed by atoms with van der Waals surface area (Å²) in [7, 11) is 1.67. The Morgan fingerprint density at radius 1 is 1.11 bits per heavy atom. The summed E-state index contributed by atoms with van der Waals surface area (Å²) in [5, 5.41) is 10.5. The Kier molecular flexibility index (Phi) is 7.07. The highest BCUT2D eigenvalue weighted by molar-refractivity contribution is 5.29. The number of rotatable bonds is 7. The fourth-order valence-electron chi connectivity index (χ4n) is 3.66. The maximum Gasteiger partial charge on any atom is 0.165 e. The normalized spacial score (nSPS) is 19.3. The predicted molar refractivity (Wildman–Crippen MR) is 104 cm³/mol. The molecule has 0 amide bonds. The number of para-hydroxylation sites is 1. The minimum atomic E-state index is -0.677. The van der Waals surface area contributed by atoms with Crippen LogP contribution in [0.4, 0.5) is 4.39 Å². The first-order valence-corrected chi connectivity index (χ1v) is 9.61. The third-order valence-corrected chi connectivity index (χ3v) is 5.08. The lowest BCUT2D eigenvalue weighted by Crippen LogP contribution is -2.38. The largest absolute Gasteiger partial charge is 0.497 e. The molecule has 3 rings (SSSR count). The van der Waals surface area contributed by atoms with Gasteiger partial charge in [0, 0.05) is 12.6 Å². The number of benzene rings is 2. The average Bonchev–Trinajstić information content (AvgIpc) is 2.93. The molecule has 1 aliphatic rings. The van der Waals surface area contributed by atoms with Crippen LogP contribution in [0, 0.1) is 5.82 Å². The van der Waals surface area contributed by atoms with Gasteiger partial charge in [-0.1, -0.05) is 37.1 Å². The van der Waals surface area contributed by atoms with Crippen molar-refractivity contribution in [1.82, 2.24) is 4.90 Å². The molecule has 146 valence electrons. The lowest BCUT2D eigenvalue weighted by molar-refractivity contribution is 0.0514. The predicted octanol–water partition coefficient (Wildman–Crippen LogP) is 4.19. The van der Waals surface area contributed by atoms with Crippen molar-refractivity contribution >= 4 is 0 Å². The molecule has 1 N–H and O–H groups in total. The van der Waals surface area contributed by atoms with E-state index in [9.17, 15) is 9.50 Å². The molecule has 0 aromatic heterocycles. The van der Waals surface area contributed by atoms with Crippen molar-refractivity contribution in [2.75, 3.05) is 26.8 Å². The summed E-state index contributed by atoms with van der Waals surface area (Å²) in [6.07, 6.45) is 3.88. The molecule has 0 aliphatic carbocycles. The van der Waals surface area contributed by atoms with Gasteiger partial charge in [-0.25, -0.2) is 4.39 Å². The SMILES string of the molecule is COc1ccc(C2CCCCCN2CC(O)COc2ccccc2F)cc1. The Morgan fingerprint density at radius 3 is 2.63 bits per heavy atom. The van der Waals surface area contributed by atoms with Gasteiger partial charge in [0.25, 0.3) is 0 Å². The van der Waals surface area contributed by atoms with Gasteiger partial charge in [0.2, 0.25) is 0 Å². The highest BCUT2D eigenvalue weighted by atomic mass is 19.1. The molecular weight excluding hydrogens is 345 g/mol. The summed E-state index contributed by atoms with van der Waals surface area (Å²) in [4.78, 5) is 2.32. The topological polar surface area (TPSA) is 41.9 Å². The number of ether oxygens (including phenoxy) is 2. The van der Waals surface area contributed by atoms with Gasteiger partial charge in [-0.15, -0.1) is 0 Å². The molecule has 2 aromatic carbocycles. The molecule has 0 radical (unpaired) electrons. The van der Waals surface area contributed by atoms with Crippen molar-refractivity contribution in [3.8, 4) is 11.5 Å². The van der Waals surface area contributed by atoms with Crippen LogP contribution in [0.25, 0.3) is 0 Å². The monoisotopic (exact) mass is 373 g/mol. The summed E-state index contributed by atoms with van der Waals surface area (Å²) >= 11 is 0. The van der Waals surface area contributed by atoms with Crippen LogP contribution >= 0.6 is 0 Å². The van der Waals surface area contributed by atoms with E-state index in [1.165, 1.54) is 24.5 Å². The van der Waals surface area contributed by atoms with E-state index in [1.807, 2.05) is 12.1 Å². The summed E-state index contributed by atoms with van der Waals surface area (Å²) in [5.74, 6) is 0.618. The molecule has 1 aliphatic heterocycles. The second-order valence-electron chi connectivity index (χ2n) is 7.03. The minimum absolute atomic E-state index is 0.0762. The first kappa shape index (κ1) is 19.6. The third kappa shape index (κ3) is 5.44. The molecule has 2 aromatic rings. The number of hydrogen-bond donors (Lipinski definition) is 1. The number of nitrogens with zero attached hydrogens (tertiary/aromatic N) is 1. The standard InChI is InChI=1S/C22H28FNO3/c1-26-19-12-10-17(11-13-19)21-8-3-2-6-14-24(21)15-18(25)16-27-22-9-5-4-7-20(22)23/h4-5,7,9-13,18,21,25H,2-3,6,8,14-16H2,1H3. The van der Waals surface area contributed by atoms with E-state index in [4.69, 9.17) is 9.47 Å². The molecule has 27 heavy (non-hydrogen) atoms. The summed E-state index contributed by atoms with van der Waals surface area (Å²) in [6, 6.07) is 14.7. The molecule has 0 bridgehead atoms. The van der Waals surface area contributed by atoms with E-state index in [2.05, 4.69) is 17.0 Å². The highest BCUT2D eigenvalue weighted by Crippen LogP contribution is 2.31. The van der Waals surface area contributed by atoms with E-state index in [0.29, 0.717) is 6.54 Å². The first-order chi connectivity index (χ1) is 13.2. The Hall–Kier alpha value is -2.11. The summed E-state index contributed by atoms with van der Waals surface area (Å²) in [5.41, 5.74) is 1.24. The zero-order valence-electron chi connectivity index (χ0n) is 15.8. The van der Waals surface area contributed by atoms with E-state index in [0.717, 1.165) is 25.1 Å². The number of halogens is 1. The highest BCUT2D eigenvalue weighted by Gasteiger charge is 2.25. The average molecular weight is 373 g/mol. The molecule has 4 nitrogen and oxygen atoms in total. The molecule has 1 heterocycles. The zero-order valence-corrected chi connectivity index (χ0v) is 15.8. The smallest absolute Gasteiger partial charge is 0.165 e. The Morgan fingerprint density at radius 2 is 1.89 bits per heavy atom. The van der Waals surface area contributed by atoms with Crippen LogP contribution in [0.5, 0.6) is 11.5 Å². The third-order valence-electron chi connectivity index (χ3n) is 5.08. The lowest BCUT2D eigenvalue weighted by Gasteiger charge is -2.32.